The van der Waals surface area contributed by atoms with Crippen LogP contribution in [-0.2, 0) is 61.1 Å². The van der Waals surface area contributed by atoms with Crippen molar-refractivity contribution >= 4 is 139 Å². The summed E-state index contributed by atoms with van der Waals surface area (Å²) >= 11 is 24.1. The van der Waals surface area contributed by atoms with Crippen molar-refractivity contribution in [3.8, 4) is 29.0 Å². The lowest BCUT2D eigenvalue weighted by molar-refractivity contribution is 0.0596. The molecule has 6 aromatic heterocycles. The molecule has 676 valence electrons. The van der Waals surface area contributed by atoms with Gasteiger partial charge in [0, 0.05) is 54.4 Å². The average Bonchev–Trinajstić information content (AvgIpc) is 0.798. The zero-order valence-electron chi connectivity index (χ0n) is 72.1. The number of carbonyl (C=O) groups is 5. The summed E-state index contributed by atoms with van der Waals surface area (Å²) in [7, 11) is -13.5. The summed E-state index contributed by atoms with van der Waals surface area (Å²) in [6, 6.07) is 45.0. The van der Waals surface area contributed by atoms with Crippen molar-refractivity contribution in [2.45, 2.75) is 132 Å². The zero-order valence-corrected chi connectivity index (χ0v) is 78.4. The van der Waals surface area contributed by atoms with Crippen LogP contribution < -0.4 is 37.8 Å². The molecule has 0 aliphatic rings. The molecule has 29 nitrogen and oxygen atoms in total. The van der Waals surface area contributed by atoms with Crippen LogP contribution >= 0.6 is 46.4 Å². The Kier molecular flexibility index (Phi) is 32.7. The standard InChI is InChI=1S/C24H25ClN2O5S.C23H22ClFN2O4S.C22H20ClN3O5S.C22H22ClN3O5S/c1-15-7-6-8-19(23(28)31-5)21(15)32-22-20(13-17(25)14-26-22)27-33(29,30)18-11-9-16(10-12-18)24(2,3)4;1-23(2,3)15-6-8-17(9-7-15)32(29,30)27-19-12-16(24)13-26-21(19)22(28)14-5-10-20(31-4)18(25)11-14;1-22(2,3)13-6-8-15(9-7-13)32(30,31)26-17-11-14(23)12-25-19(17)20(27)16-5-4-10-24-18(16)21(28)29;1-4-30-17-6-8-18(9-7-17)32(28,29)26-19-11-16(23)13-25-21(19)22(27)15-5-10-20(24-12-15)31-14(2)3/h6-14,27H,1-5H3;5-13,27H,1-4H3;4-12,26H,1-3H3,(H,28,29);5-14,26H,4H2,1-3H3. The average molecular weight is 1920 g/mol. The molecule has 0 aliphatic carbocycles. The largest absolute Gasteiger partial charge is 0.494 e. The van der Waals surface area contributed by atoms with Gasteiger partial charge in [-0.15, -0.1) is 0 Å². The first-order valence-corrected chi connectivity index (χ1v) is 46.3. The lowest BCUT2D eigenvalue weighted by atomic mass is 9.87. The van der Waals surface area contributed by atoms with E-state index in [9.17, 15) is 67.1 Å². The number of ketones is 3. The maximum Gasteiger partial charge on any atom is 0.355 e. The summed E-state index contributed by atoms with van der Waals surface area (Å²) in [6.45, 7) is 26.0. The predicted octanol–water partition coefficient (Wildman–Crippen LogP) is 19.4. The number of ether oxygens (including phenoxy) is 5. The molecule has 0 aliphatic heterocycles. The number of hydrogen-bond donors (Lipinski definition) is 5. The van der Waals surface area contributed by atoms with Gasteiger partial charge < -0.3 is 28.8 Å². The van der Waals surface area contributed by atoms with Crippen molar-refractivity contribution in [3.63, 3.8) is 0 Å². The highest BCUT2D eigenvalue weighted by Crippen LogP contribution is 2.38. The molecule has 129 heavy (non-hydrogen) atoms. The van der Waals surface area contributed by atoms with E-state index in [1.165, 1.54) is 155 Å². The van der Waals surface area contributed by atoms with E-state index < -0.39 is 80.9 Å². The van der Waals surface area contributed by atoms with Crippen molar-refractivity contribution in [2.75, 3.05) is 39.7 Å². The first kappa shape index (κ1) is 100. The number of para-hydroxylation sites is 1. The number of carboxylic acid groups (broad SMARTS) is 1. The summed E-state index contributed by atoms with van der Waals surface area (Å²) in [5, 5.41) is 9.92. The number of aromatic nitrogens is 6. The highest BCUT2D eigenvalue weighted by atomic mass is 35.5. The monoisotopic (exact) mass is 1910 g/mol. The number of nitrogens with one attached hydrogen (secondary N) is 4. The third-order valence-corrected chi connectivity index (χ3v) is 24.7. The van der Waals surface area contributed by atoms with Gasteiger partial charge in [0.25, 0.3) is 40.1 Å². The smallest absolute Gasteiger partial charge is 0.355 e. The van der Waals surface area contributed by atoms with Crippen molar-refractivity contribution in [2.24, 2.45) is 0 Å². The Hall–Kier alpha value is -12.5. The van der Waals surface area contributed by atoms with E-state index in [2.05, 4.69) is 48.8 Å². The number of sulfonamides is 4. The molecular weight excluding hydrogens is 1830 g/mol. The summed E-state index contributed by atoms with van der Waals surface area (Å²) in [5.74, 6) is -3.69. The van der Waals surface area contributed by atoms with Gasteiger partial charge >= 0.3 is 11.9 Å². The van der Waals surface area contributed by atoms with Crippen LogP contribution in [0.5, 0.6) is 29.0 Å². The minimum absolute atomic E-state index is 0.00354. The van der Waals surface area contributed by atoms with Crippen molar-refractivity contribution in [1.29, 1.82) is 0 Å². The van der Waals surface area contributed by atoms with Crippen LogP contribution in [-0.4, -0.2) is 125 Å². The number of carboxylic acids is 1. The van der Waals surface area contributed by atoms with Crippen LogP contribution in [0.1, 0.15) is 174 Å². The minimum Gasteiger partial charge on any atom is -0.494 e. The molecule has 0 saturated carbocycles. The third kappa shape index (κ3) is 26.6. The minimum atomic E-state index is -4.09. The quantitative estimate of drug-likeness (QED) is 0.0236. The van der Waals surface area contributed by atoms with Crippen molar-refractivity contribution < 1.29 is 90.8 Å². The van der Waals surface area contributed by atoms with E-state index >= 15 is 0 Å². The Morgan fingerprint density at radius 1 is 0.450 bits per heavy atom. The highest BCUT2D eigenvalue weighted by molar-refractivity contribution is 7.93. The van der Waals surface area contributed by atoms with Gasteiger partial charge in [-0.2, -0.15) is 0 Å². The number of esters is 1. The molecule has 0 fully saturated rings. The molecule has 6 aromatic carbocycles. The van der Waals surface area contributed by atoms with Crippen molar-refractivity contribution in [1.82, 2.24) is 29.9 Å². The SMILES string of the molecule is CC(C)(C)c1ccc(S(=O)(=O)Nc2cc(Cl)cnc2C(=O)c2cccnc2C(=O)O)cc1.CCOc1ccc(S(=O)(=O)Nc2cc(Cl)cnc2C(=O)c2ccc(OC(C)C)nc2)cc1.COC(=O)c1cccc(C)c1Oc1ncc(Cl)cc1NS(=O)(=O)c1ccc(C(C)(C)C)cc1.COc1ccc(C(=O)c2ncc(Cl)cc2NS(=O)(=O)c2ccc(C(C)(C)C)cc2)cc1F. The van der Waals surface area contributed by atoms with E-state index in [1.54, 1.807) is 79.7 Å². The molecule has 0 bridgehead atoms. The Labute approximate surface area is 766 Å². The molecule has 0 spiro atoms. The fraction of sp³-hybridized carbons (Fsp3) is 0.220. The molecule has 0 unspecified atom stereocenters. The van der Waals surface area contributed by atoms with Gasteiger partial charge in [-0.05, 0) is 194 Å². The molecule has 12 aromatic rings. The lowest BCUT2D eigenvalue weighted by Crippen LogP contribution is -2.19. The van der Waals surface area contributed by atoms with Gasteiger partial charge in [0.1, 0.15) is 39.8 Å². The number of methoxy groups -OCH3 is 2. The summed E-state index contributed by atoms with van der Waals surface area (Å²) in [6.07, 6.45) is 7.49. The second-order valence-electron chi connectivity index (χ2n) is 31.4. The number of aryl methyl sites for hydroxylation is 1. The second kappa shape index (κ2) is 42.1. The lowest BCUT2D eigenvalue weighted by Gasteiger charge is -2.19. The molecule has 0 radical (unpaired) electrons. The first-order valence-electron chi connectivity index (χ1n) is 38.9. The van der Waals surface area contributed by atoms with Gasteiger partial charge in [-0.3, -0.25) is 33.3 Å². The van der Waals surface area contributed by atoms with Crippen LogP contribution in [0, 0.1) is 12.7 Å². The first-order chi connectivity index (χ1) is 60.4. The fourth-order valence-corrected chi connectivity index (χ4v) is 16.6. The molecule has 0 amide bonds. The van der Waals surface area contributed by atoms with E-state index in [4.69, 9.17) is 70.1 Å². The molecule has 0 atom stereocenters. The van der Waals surface area contributed by atoms with Gasteiger partial charge in [0.15, 0.2) is 17.3 Å². The van der Waals surface area contributed by atoms with Gasteiger partial charge in [-0.1, -0.05) is 157 Å². The third-order valence-electron chi connectivity index (χ3n) is 18.4. The molecule has 6 heterocycles. The Morgan fingerprint density at radius 3 is 1.23 bits per heavy atom. The van der Waals surface area contributed by atoms with E-state index in [0.717, 1.165) is 22.8 Å². The van der Waals surface area contributed by atoms with Crippen LogP contribution in [0.15, 0.2) is 239 Å². The van der Waals surface area contributed by atoms with Crippen molar-refractivity contribution in [3.05, 3.63) is 312 Å². The molecule has 0 saturated heterocycles. The van der Waals surface area contributed by atoms with E-state index in [1.807, 2.05) is 83.1 Å². The topological polar surface area (TPSA) is 414 Å². The van der Waals surface area contributed by atoms with Crippen LogP contribution in [0.4, 0.5) is 27.1 Å². The van der Waals surface area contributed by atoms with Crippen LogP contribution in [0.25, 0.3) is 0 Å². The Bertz CT molecular complexity index is 6650. The maximum absolute atomic E-state index is 14.1. The zero-order chi connectivity index (χ0) is 95.1. The molecular formula is C91H89Cl4FN10O19S4. The Balaban J connectivity index is 0.000000194. The number of carbonyl (C=O) groups excluding carboxylic acids is 4. The van der Waals surface area contributed by atoms with Crippen LogP contribution in [0.3, 0.4) is 0 Å². The number of anilines is 4. The molecule has 38 heteroatoms. The summed E-state index contributed by atoms with van der Waals surface area (Å²) in [4.78, 5) is 86.6. The second-order valence-corrected chi connectivity index (χ2v) is 39.9. The number of rotatable bonds is 27. The normalized spacial score (nSPS) is 11.6. The molecule has 12 rings (SSSR count). The fourth-order valence-electron chi connectivity index (χ4n) is 11.7. The summed E-state index contributed by atoms with van der Waals surface area (Å²) in [5.41, 5.74) is 1.91. The number of pyridine rings is 6. The summed E-state index contributed by atoms with van der Waals surface area (Å²) < 4.78 is 154. The maximum atomic E-state index is 14.1. The van der Waals surface area contributed by atoms with Crippen LogP contribution in [0.2, 0.25) is 20.1 Å². The van der Waals surface area contributed by atoms with E-state index in [0.29, 0.717) is 23.8 Å². The Morgan fingerprint density at radius 2 is 0.845 bits per heavy atom. The number of nitrogens with zero attached hydrogens (tertiary/aromatic N) is 6. The molecule has 5 N–H and O–H groups in total. The highest BCUT2D eigenvalue weighted by Gasteiger charge is 2.31. The number of halogens is 5. The number of hydrogen-bond acceptors (Lipinski definition) is 24. The van der Waals surface area contributed by atoms with Gasteiger partial charge in [-0.25, -0.2) is 77.6 Å². The number of aromatic carboxylic acids is 1. The predicted molar refractivity (Wildman–Crippen MR) is 490 cm³/mol. The van der Waals surface area contributed by atoms with Gasteiger partial charge in [0.05, 0.1) is 89.2 Å². The van der Waals surface area contributed by atoms with Gasteiger partial charge in [0.2, 0.25) is 29.1 Å². The van der Waals surface area contributed by atoms with E-state index in [-0.39, 0.29) is 141 Å². The number of benzene rings is 6.